The predicted molar refractivity (Wildman–Crippen MR) is 76.2 cm³/mol. The molecule has 0 fully saturated rings. The first-order chi connectivity index (χ1) is 9.11. The molecule has 0 aliphatic carbocycles. The first kappa shape index (κ1) is 12.7. The predicted octanol–water partition coefficient (Wildman–Crippen LogP) is 2.42. The van der Waals surface area contributed by atoms with E-state index in [4.69, 9.17) is 0 Å². The van der Waals surface area contributed by atoms with Gasteiger partial charge in [-0.25, -0.2) is 15.0 Å². The van der Waals surface area contributed by atoms with Crippen LogP contribution in [0.25, 0.3) is 0 Å². The third-order valence-electron chi connectivity index (χ3n) is 3.51. The number of thiazole rings is 1. The lowest BCUT2D eigenvalue weighted by molar-refractivity contribution is 0.242. The molecule has 3 heterocycles. The molecule has 1 aliphatic heterocycles. The summed E-state index contributed by atoms with van der Waals surface area (Å²) in [7, 11) is 0. The third kappa shape index (κ3) is 2.67. The molecule has 4 nitrogen and oxygen atoms in total. The molecule has 19 heavy (non-hydrogen) atoms. The molecule has 0 bridgehead atoms. The minimum atomic E-state index is 0.866. The van der Waals surface area contributed by atoms with Crippen molar-refractivity contribution in [1.82, 2.24) is 19.9 Å². The molecular weight excluding hydrogens is 256 g/mol. The van der Waals surface area contributed by atoms with Crippen molar-refractivity contribution in [2.45, 2.75) is 40.3 Å². The smallest absolute Gasteiger partial charge is 0.125 e. The number of fused-ring (bicyclic) bond motifs is 1. The van der Waals surface area contributed by atoms with Crippen LogP contribution in [0.15, 0.2) is 6.20 Å². The van der Waals surface area contributed by atoms with Crippen molar-refractivity contribution in [3.05, 3.63) is 38.9 Å². The summed E-state index contributed by atoms with van der Waals surface area (Å²) in [6, 6.07) is 0. The van der Waals surface area contributed by atoms with Crippen molar-refractivity contribution in [3.8, 4) is 0 Å². The van der Waals surface area contributed by atoms with Gasteiger partial charge in [0.25, 0.3) is 0 Å². The van der Waals surface area contributed by atoms with Gasteiger partial charge in [-0.3, -0.25) is 4.90 Å². The Kier molecular flexibility index (Phi) is 3.33. The Balaban J connectivity index is 1.77. The lowest BCUT2D eigenvalue weighted by atomic mass is 10.1. The minimum absolute atomic E-state index is 0.866. The van der Waals surface area contributed by atoms with Crippen molar-refractivity contribution in [2.24, 2.45) is 0 Å². The highest BCUT2D eigenvalue weighted by molar-refractivity contribution is 7.11. The number of aryl methyl sites for hydroxylation is 3. The van der Waals surface area contributed by atoms with Crippen LogP contribution in [0.4, 0.5) is 0 Å². The van der Waals surface area contributed by atoms with Crippen LogP contribution in [0.5, 0.6) is 0 Å². The van der Waals surface area contributed by atoms with Gasteiger partial charge in [0, 0.05) is 30.7 Å². The monoisotopic (exact) mass is 274 g/mol. The van der Waals surface area contributed by atoms with E-state index in [9.17, 15) is 0 Å². The van der Waals surface area contributed by atoms with Gasteiger partial charge in [0.05, 0.1) is 16.4 Å². The van der Waals surface area contributed by atoms with Gasteiger partial charge in [-0.2, -0.15) is 0 Å². The van der Waals surface area contributed by atoms with Gasteiger partial charge in [-0.15, -0.1) is 11.3 Å². The summed E-state index contributed by atoms with van der Waals surface area (Å²) >= 11 is 1.81. The summed E-state index contributed by atoms with van der Waals surface area (Å²) < 4.78 is 0. The van der Waals surface area contributed by atoms with E-state index in [-0.39, 0.29) is 0 Å². The van der Waals surface area contributed by atoms with Gasteiger partial charge >= 0.3 is 0 Å². The zero-order chi connectivity index (χ0) is 13.4. The molecule has 0 aromatic carbocycles. The number of rotatable bonds is 2. The molecule has 0 N–H and O–H groups in total. The van der Waals surface area contributed by atoms with Crippen LogP contribution in [0.3, 0.4) is 0 Å². The first-order valence-electron chi connectivity index (χ1n) is 6.58. The Morgan fingerprint density at radius 1 is 1.26 bits per heavy atom. The topological polar surface area (TPSA) is 41.9 Å². The summed E-state index contributed by atoms with van der Waals surface area (Å²) in [5, 5.41) is 1.16. The van der Waals surface area contributed by atoms with Gasteiger partial charge in [-0.1, -0.05) is 0 Å². The molecule has 0 amide bonds. The van der Waals surface area contributed by atoms with E-state index >= 15 is 0 Å². The van der Waals surface area contributed by atoms with E-state index in [2.05, 4.69) is 33.7 Å². The molecule has 2 aromatic heterocycles. The second-order valence-electron chi connectivity index (χ2n) is 5.09. The van der Waals surface area contributed by atoms with Gasteiger partial charge in [0.15, 0.2) is 0 Å². The Bertz CT molecular complexity index is 605. The van der Waals surface area contributed by atoms with Gasteiger partial charge in [-0.05, 0) is 32.8 Å². The van der Waals surface area contributed by atoms with Crippen molar-refractivity contribution < 1.29 is 0 Å². The summed E-state index contributed by atoms with van der Waals surface area (Å²) in [5.41, 5.74) is 3.67. The highest BCUT2D eigenvalue weighted by atomic mass is 32.1. The second-order valence-corrected chi connectivity index (χ2v) is 6.38. The minimum Gasteiger partial charge on any atom is -0.292 e. The van der Waals surface area contributed by atoms with Crippen LogP contribution in [-0.2, 0) is 19.5 Å². The maximum atomic E-state index is 4.57. The zero-order valence-corrected chi connectivity index (χ0v) is 12.4. The highest BCUT2D eigenvalue weighted by Crippen LogP contribution is 2.23. The normalized spacial score (nSPS) is 15.5. The fourth-order valence-corrected chi connectivity index (χ4v) is 3.49. The molecule has 0 spiro atoms. The van der Waals surface area contributed by atoms with E-state index in [0.29, 0.717) is 0 Å². The van der Waals surface area contributed by atoms with Crippen LogP contribution in [0.2, 0.25) is 0 Å². The number of hydrogen-bond acceptors (Lipinski definition) is 5. The summed E-state index contributed by atoms with van der Waals surface area (Å²) in [6.45, 7) is 9.12. The van der Waals surface area contributed by atoms with Gasteiger partial charge in [0.2, 0.25) is 0 Å². The van der Waals surface area contributed by atoms with E-state index in [1.807, 2.05) is 13.1 Å². The van der Waals surface area contributed by atoms with Crippen molar-refractivity contribution in [1.29, 1.82) is 0 Å². The summed E-state index contributed by atoms with van der Waals surface area (Å²) in [5.74, 6) is 0.866. The molecule has 100 valence electrons. The molecule has 0 saturated heterocycles. The van der Waals surface area contributed by atoms with Crippen molar-refractivity contribution >= 4 is 11.3 Å². The van der Waals surface area contributed by atoms with Crippen molar-refractivity contribution in [3.63, 3.8) is 0 Å². The fraction of sp³-hybridized carbons (Fsp3) is 0.500. The molecule has 3 rings (SSSR count). The average molecular weight is 274 g/mol. The SMILES string of the molecule is Cc1ncc2c(n1)CN(Cc1sc(C)nc1C)CC2. The Morgan fingerprint density at radius 2 is 2.11 bits per heavy atom. The molecule has 0 radical (unpaired) electrons. The van der Waals surface area contributed by atoms with Crippen molar-refractivity contribution in [2.75, 3.05) is 6.54 Å². The zero-order valence-electron chi connectivity index (χ0n) is 11.6. The maximum absolute atomic E-state index is 4.57. The molecule has 1 aliphatic rings. The van der Waals surface area contributed by atoms with Crippen LogP contribution >= 0.6 is 11.3 Å². The van der Waals surface area contributed by atoms with Crippen LogP contribution in [-0.4, -0.2) is 26.4 Å². The number of nitrogens with zero attached hydrogens (tertiary/aromatic N) is 4. The largest absolute Gasteiger partial charge is 0.292 e. The second kappa shape index (κ2) is 4.98. The quantitative estimate of drug-likeness (QED) is 0.843. The van der Waals surface area contributed by atoms with Gasteiger partial charge in [0.1, 0.15) is 5.82 Å². The molecule has 2 aromatic rings. The van der Waals surface area contributed by atoms with E-state index in [1.54, 1.807) is 11.3 Å². The average Bonchev–Trinajstić information content (AvgIpc) is 2.67. The third-order valence-corrected chi connectivity index (χ3v) is 4.57. The molecule has 0 saturated carbocycles. The molecule has 0 unspecified atom stereocenters. The van der Waals surface area contributed by atoms with Gasteiger partial charge < -0.3 is 0 Å². The van der Waals surface area contributed by atoms with Crippen LogP contribution < -0.4 is 0 Å². The number of aromatic nitrogens is 3. The van der Waals surface area contributed by atoms with Crippen LogP contribution in [0, 0.1) is 20.8 Å². The Labute approximate surface area is 117 Å². The molecule has 5 heteroatoms. The highest BCUT2D eigenvalue weighted by Gasteiger charge is 2.19. The summed E-state index contributed by atoms with van der Waals surface area (Å²) in [4.78, 5) is 17.2. The number of hydrogen-bond donors (Lipinski definition) is 0. The Hall–Kier alpha value is -1.33. The lowest BCUT2D eigenvalue weighted by Gasteiger charge is -2.27. The molecular formula is C14H18N4S. The standard InChI is InChI=1S/C14H18N4S/c1-9-14(19-11(3)16-9)8-18-5-4-12-6-15-10(2)17-13(12)7-18/h6H,4-5,7-8H2,1-3H3. The fourth-order valence-electron chi connectivity index (χ4n) is 2.52. The van der Waals surface area contributed by atoms with E-state index in [0.717, 1.165) is 36.9 Å². The Morgan fingerprint density at radius 3 is 2.84 bits per heavy atom. The van der Waals surface area contributed by atoms with E-state index < -0.39 is 0 Å². The lowest BCUT2D eigenvalue weighted by Crippen LogP contribution is -2.31. The molecule has 0 atom stereocenters. The maximum Gasteiger partial charge on any atom is 0.125 e. The van der Waals surface area contributed by atoms with Crippen LogP contribution in [0.1, 0.15) is 32.7 Å². The van der Waals surface area contributed by atoms with E-state index in [1.165, 1.54) is 21.8 Å². The first-order valence-corrected chi connectivity index (χ1v) is 7.40. The summed E-state index contributed by atoms with van der Waals surface area (Å²) in [6.07, 6.45) is 3.03.